The highest BCUT2D eigenvalue weighted by atomic mass is 15.5. The lowest BCUT2D eigenvalue weighted by atomic mass is 10.0. The second kappa shape index (κ2) is 3.45. The molecule has 0 radical (unpaired) electrons. The zero-order valence-corrected chi connectivity index (χ0v) is 8.96. The van der Waals surface area contributed by atoms with E-state index in [-0.39, 0.29) is 0 Å². The zero-order chi connectivity index (χ0) is 11.0. The van der Waals surface area contributed by atoms with Gasteiger partial charge in [0.1, 0.15) is 0 Å². The molecule has 3 rings (SSSR count). The Balaban J connectivity index is 2.34. The fourth-order valence-corrected chi connectivity index (χ4v) is 1.94. The molecule has 0 atom stereocenters. The van der Waals surface area contributed by atoms with Gasteiger partial charge in [0.2, 0.25) is 0 Å². The first-order chi connectivity index (χ1) is 7.86. The molecule has 0 N–H and O–H groups in total. The van der Waals surface area contributed by atoms with Crippen molar-refractivity contribution in [2.24, 2.45) is 10.3 Å². The zero-order valence-electron chi connectivity index (χ0n) is 8.96. The predicted molar refractivity (Wildman–Crippen MR) is 64.8 cm³/mol. The van der Waals surface area contributed by atoms with Crippen molar-refractivity contribution >= 4 is 11.4 Å². The van der Waals surface area contributed by atoms with Gasteiger partial charge in [0.05, 0.1) is 11.4 Å². The molecular weight excluding hydrogens is 198 g/mol. The fraction of sp³-hybridized carbons (Fsp3) is 0.0769. The molecule has 2 aromatic rings. The van der Waals surface area contributed by atoms with Gasteiger partial charge in [-0.25, -0.2) is 5.01 Å². The van der Waals surface area contributed by atoms with Crippen LogP contribution in [0.25, 0.3) is 11.1 Å². The largest absolute Gasteiger partial charge is 0.249 e. The SMILES string of the molecule is CN1N=Nc2ccccc2-c2ccccc21. The average molecular weight is 209 g/mol. The Labute approximate surface area is 94.0 Å². The topological polar surface area (TPSA) is 28.0 Å². The monoisotopic (exact) mass is 209 g/mol. The van der Waals surface area contributed by atoms with E-state index in [0.717, 1.165) is 16.9 Å². The summed E-state index contributed by atoms with van der Waals surface area (Å²) in [7, 11) is 1.91. The number of hydrogen-bond donors (Lipinski definition) is 0. The highest BCUT2D eigenvalue weighted by Crippen LogP contribution is 2.38. The maximum atomic E-state index is 4.23. The van der Waals surface area contributed by atoms with Crippen LogP contribution in [0.2, 0.25) is 0 Å². The molecule has 3 nitrogen and oxygen atoms in total. The van der Waals surface area contributed by atoms with Gasteiger partial charge in [-0.05, 0) is 12.1 Å². The molecule has 0 spiro atoms. The van der Waals surface area contributed by atoms with Crippen LogP contribution in [0.4, 0.5) is 11.4 Å². The minimum Gasteiger partial charge on any atom is -0.249 e. The van der Waals surface area contributed by atoms with Gasteiger partial charge in [-0.1, -0.05) is 41.6 Å². The maximum Gasteiger partial charge on any atom is 0.0953 e. The van der Waals surface area contributed by atoms with E-state index in [0.29, 0.717) is 0 Å². The van der Waals surface area contributed by atoms with Crippen LogP contribution >= 0.6 is 0 Å². The van der Waals surface area contributed by atoms with E-state index < -0.39 is 0 Å². The van der Waals surface area contributed by atoms with Crippen LogP contribution in [0.1, 0.15) is 0 Å². The molecule has 0 amide bonds. The lowest BCUT2D eigenvalue weighted by Gasteiger charge is -2.13. The molecule has 0 fully saturated rings. The fourth-order valence-electron chi connectivity index (χ4n) is 1.94. The Morgan fingerprint density at radius 2 is 1.56 bits per heavy atom. The van der Waals surface area contributed by atoms with E-state index in [1.165, 1.54) is 5.56 Å². The van der Waals surface area contributed by atoms with Crippen molar-refractivity contribution in [3.05, 3.63) is 48.5 Å². The van der Waals surface area contributed by atoms with E-state index in [2.05, 4.69) is 28.5 Å². The van der Waals surface area contributed by atoms with E-state index in [1.807, 2.05) is 37.4 Å². The van der Waals surface area contributed by atoms with Crippen LogP contribution in [-0.4, -0.2) is 7.05 Å². The van der Waals surface area contributed by atoms with Gasteiger partial charge in [0.15, 0.2) is 0 Å². The highest BCUT2D eigenvalue weighted by molar-refractivity contribution is 5.85. The third-order valence-corrected chi connectivity index (χ3v) is 2.73. The van der Waals surface area contributed by atoms with Crippen molar-refractivity contribution in [3.8, 4) is 11.1 Å². The van der Waals surface area contributed by atoms with Crippen molar-refractivity contribution in [1.82, 2.24) is 0 Å². The number of rotatable bonds is 0. The Kier molecular flexibility index (Phi) is 1.96. The average Bonchev–Trinajstić information content (AvgIpc) is 2.49. The quantitative estimate of drug-likeness (QED) is 0.648. The number of anilines is 1. The van der Waals surface area contributed by atoms with Gasteiger partial charge in [-0.3, -0.25) is 0 Å². The summed E-state index contributed by atoms with van der Waals surface area (Å²) < 4.78 is 0. The Morgan fingerprint density at radius 1 is 0.875 bits per heavy atom. The minimum atomic E-state index is 0.916. The van der Waals surface area contributed by atoms with Gasteiger partial charge < -0.3 is 0 Å². The molecule has 0 saturated carbocycles. The summed E-state index contributed by atoms with van der Waals surface area (Å²) in [5.41, 5.74) is 4.30. The van der Waals surface area contributed by atoms with Crippen LogP contribution in [0.3, 0.4) is 0 Å². The number of hydrogen-bond acceptors (Lipinski definition) is 3. The standard InChI is InChI=1S/C13H11N3/c1-16-13-9-5-3-7-11(13)10-6-2-4-8-12(10)14-15-16/h2-9H,1H3. The maximum absolute atomic E-state index is 4.23. The summed E-state index contributed by atoms with van der Waals surface area (Å²) in [6, 6.07) is 16.3. The van der Waals surface area contributed by atoms with Crippen LogP contribution in [-0.2, 0) is 0 Å². The molecule has 1 heterocycles. The molecule has 16 heavy (non-hydrogen) atoms. The van der Waals surface area contributed by atoms with Crippen LogP contribution in [0.15, 0.2) is 58.9 Å². The van der Waals surface area contributed by atoms with E-state index >= 15 is 0 Å². The molecule has 2 aromatic carbocycles. The van der Waals surface area contributed by atoms with Crippen LogP contribution < -0.4 is 5.01 Å². The molecule has 0 bridgehead atoms. The van der Waals surface area contributed by atoms with Crippen molar-refractivity contribution in [2.75, 3.05) is 12.1 Å². The highest BCUT2D eigenvalue weighted by Gasteiger charge is 2.14. The van der Waals surface area contributed by atoms with E-state index in [9.17, 15) is 0 Å². The van der Waals surface area contributed by atoms with Gasteiger partial charge in [0.25, 0.3) is 0 Å². The third-order valence-electron chi connectivity index (χ3n) is 2.73. The first-order valence-corrected chi connectivity index (χ1v) is 5.20. The molecular formula is C13H11N3. The molecule has 3 heteroatoms. The first kappa shape index (κ1) is 9.09. The second-order valence-electron chi connectivity index (χ2n) is 3.75. The molecule has 1 aliphatic heterocycles. The Hall–Kier alpha value is -2.16. The lowest BCUT2D eigenvalue weighted by molar-refractivity contribution is 0.933. The molecule has 78 valence electrons. The number of para-hydroxylation sites is 1. The molecule has 0 aromatic heterocycles. The number of fused-ring (bicyclic) bond motifs is 3. The summed E-state index contributed by atoms with van der Waals surface area (Å²) >= 11 is 0. The Morgan fingerprint density at radius 3 is 2.44 bits per heavy atom. The Bertz CT molecular complexity index is 561. The van der Waals surface area contributed by atoms with Crippen molar-refractivity contribution in [2.45, 2.75) is 0 Å². The summed E-state index contributed by atoms with van der Waals surface area (Å²) in [5, 5.41) is 10.2. The summed E-state index contributed by atoms with van der Waals surface area (Å²) in [5.74, 6) is 0. The molecule has 0 aliphatic carbocycles. The van der Waals surface area contributed by atoms with Gasteiger partial charge in [-0.15, -0.1) is 5.11 Å². The van der Waals surface area contributed by atoms with Crippen LogP contribution in [0, 0.1) is 0 Å². The van der Waals surface area contributed by atoms with E-state index in [4.69, 9.17) is 0 Å². The van der Waals surface area contributed by atoms with Crippen LogP contribution in [0.5, 0.6) is 0 Å². The van der Waals surface area contributed by atoms with Gasteiger partial charge >= 0.3 is 0 Å². The van der Waals surface area contributed by atoms with Gasteiger partial charge in [0, 0.05) is 18.2 Å². The first-order valence-electron chi connectivity index (χ1n) is 5.20. The second-order valence-corrected chi connectivity index (χ2v) is 3.75. The molecule has 0 unspecified atom stereocenters. The van der Waals surface area contributed by atoms with Crippen molar-refractivity contribution in [1.29, 1.82) is 0 Å². The van der Waals surface area contributed by atoms with Crippen molar-refractivity contribution in [3.63, 3.8) is 0 Å². The minimum absolute atomic E-state index is 0.916. The summed E-state index contributed by atoms with van der Waals surface area (Å²) in [6.07, 6.45) is 0. The summed E-state index contributed by atoms with van der Waals surface area (Å²) in [6.45, 7) is 0. The normalized spacial score (nSPS) is 12.9. The van der Waals surface area contributed by atoms with Crippen molar-refractivity contribution < 1.29 is 0 Å². The van der Waals surface area contributed by atoms with Gasteiger partial charge in [-0.2, -0.15) is 0 Å². The third kappa shape index (κ3) is 1.29. The predicted octanol–water partition coefficient (Wildman–Crippen LogP) is 3.80. The summed E-state index contributed by atoms with van der Waals surface area (Å²) in [4.78, 5) is 0. The number of nitrogens with zero attached hydrogens (tertiary/aromatic N) is 3. The molecule has 1 aliphatic rings. The van der Waals surface area contributed by atoms with E-state index in [1.54, 1.807) is 5.01 Å². The molecule has 0 saturated heterocycles. The smallest absolute Gasteiger partial charge is 0.0953 e. The lowest BCUT2D eigenvalue weighted by Crippen LogP contribution is -2.07. The number of benzene rings is 2.